The monoisotopic (exact) mass is 320 g/mol. The zero-order valence-corrected chi connectivity index (χ0v) is 12.8. The molecule has 0 fully saturated rings. The number of rotatable bonds is 5. The number of carbonyl (C=O) groups is 1. The number of phenols is 1. The molecule has 2 N–H and O–H groups in total. The van der Waals surface area contributed by atoms with Crippen molar-refractivity contribution < 1.29 is 19.7 Å². The van der Waals surface area contributed by atoms with Crippen LogP contribution in [0.3, 0.4) is 0 Å². The van der Waals surface area contributed by atoms with Gasteiger partial charge in [0.1, 0.15) is 23.7 Å². The highest BCUT2D eigenvalue weighted by Crippen LogP contribution is 2.33. The molecule has 0 amide bonds. The molecule has 120 valence electrons. The Hall–Kier alpha value is -3.27. The van der Waals surface area contributed by atoms with E-state index in [2.05, 4.69) is 0 Å². The maximum atomic E-state index is 11.2. The van der Waals surface area contributed by atoms with E-state index in [-0.39, 0.29) is 11.3 Å². The molecule has 0 aliphatic heterocycles. The quantitative estimate of drug-likeness (QED) is 0.734. The van der Waals surface area contributed by atoms with Gasteiger partial charge in [0.05, 0.1) is 0 Å². The number of hydrogen-bond donors (Lipinski definition) is 2. The average Bonchev–Trinajstić information content (AvgIpc) is 2.61. The average molecular weight is 320 g/mol. The van der Waals surface area contributed by atoms with Gasteiger partial charge in [0.2, 0.25) is 0 Å². The minimum absolute atomic E-state index is 0.134. The highest BCUT2D eigenvalue weighted by molar-refractivity contribution is 5.92. The lowest BCUT2D eigenvalue weighted by Gasteiger charge is -2.12. The molecule has 0 atom stereocenters. The fourth-order valence-electron chi connectivity index (χ4n) is 2.44. The minimum atomic E-state index is -1.17. The third kappa shape index (κ3) is 3.38. The summed E-state index contributed by atoms with van der Waals surface area (Å²) in [6.45, 7) is 0.418. The Balaban J connectivity index is 1.92. The molecule has 0 spiro atoms. The van der Waals surface area contributed by atoms with Gasteiger partial charge in [-0.1, -0.05) is 54.6 Å². The van der Waals surface area contributed by atoms with Gasteiger partial charge < -0.3 is 14.9 Å². The maximum Gasteiger partial charge on any atom is 0.339 e. The molecule has 0 heterocycles. The molecule has 3 aromatic rings. The van der Waals surface area contributed by atoms with Crippen LogP contribution in [0.1, 0.15) is 15.9 Å². The fourth-order valence-corrected chi connectivity index (χ4v) is 2.44. The Morgan fingerprint density at radius 3 is 2.38 bits per heavy atom. The molecule has 0 saturated carbocycles. The van der Waals surface area contributed by atoms with Crippen molar-refractivity contribution in [3.05, 3.63) is 83.9 Å². The number of carboxylic acids is 1. The molecule has 0 radical (unpaired) electrons. The first-order valence-corrected chi connectivity index (χ1v) is 7.47. The third-order valence-electron chi connectivity index (χ3n) is 3.66. The first-order chi connectivity index (χ1) is 11.6. The van der Waals surface area contributed by atoms with E-state index < -0.39 is 5.97 Å². The van der Waals surface area contributed by atoms with Crippen LogP contribution in [0.5, 0.6) is 11.5 Å². The van der Waals surface area contributed by atoms with Crippen LogP contribution in [-0.4, -0.2) is 16.2 Å². The Morgan fingerprint density at radius 1 is 0.917 bits per heavy atom. The van der Waals surface area contributed by atoms with Crippen LogP contribution >= 0.6 is 0 Å². The lowest BCUT2D eigenvalue weighted by Crippen LogP contribution is -1.99. The third-order valence-corrected chi connectivity index (χ3v) is 3.66. The number of hydrogen-bond acceptors (Lipinski definition) is 3. The maximum absolute atomic E-state index is 11.2. The van der Waals surface area contributed by atoms with Crippen molar-refractivity contribution in [3.8, 4) is 22.6 Å². The molecule has 4 nitrogen and oxygen atoms in total. The van der Waals surface area contributed by atoms with Crippen LogP contribution < -0.4 is 4.74 Å². The molecule has 0 saturated heterocycles. The molecule has 0 unspecified atom stereocenters. The van der Waals surface area contributed by atoms with Gasteiger partial charge in [-0.3, -0.25) is 0 Å². The van der Waals surface area contributed by atoms with E-state index in [1.165, 1.54) is 12.1 Å². The highest BCUT2D eigenvalue weighted by atomic mass is 16.5. The zero-order chi connectivity index (χ0) is 16.9. The largest absolute Gasteiger partial charge is 0.507 e. The van der Waals surface area contributed by atoms with Gasteiger partial charge in [0.15, 0.2) is 0 Å². The Bertz CT molecular complexity index is 857. The van der Waals surface area contributed by atoms with E-state index >= 15 is 0 Å². The standard InChI is InChI=1S/C20H16O4/c21-18-11-10-15(12-17(18)20(22)23)16-8-4-5-9-19(16)24-13-14-6-2-1-3-7-14/h1-12,21H,13H2,(H,22,23). The second-order valence-corrected chi connectivity index (χ2v) is 5.31. The van der Waals surface area contributed by atoms with Crippen molar-refractivity contribution in [1.29, 1.82) is 0 Å². The molecule has 0 aromatic heterocycles. The number of benzene rings is 3. The fraction of sp³-hybridized carbons (Fsp3) is 0.0500. The lowest BCUT2D eigenvalue weighted by molar-refractivity contribution is 0.0694. The van der Waals surface area contributed by atoms with Crippen molar-refractivity contribution in [3.63, 3.8) is 0 Å². The molecule has 24 heavy (non-hydrogen) atoms. The van der Waals surface area contributed by atoms with Gasteiger partial charge in [0.25, 0.3) is 0 Å². The summed E-state index contributed by atoms with van der Waals surface area (Å²) in [6, 6.07) is 21.7. The van der Waals surface area contributed by atoms with Gasteiger partial charge in [0, 0.05) is 5.56 Å². The zero-order valence-electron chi connectivity index (χ0n) is 12.8. The molecular weight excluding hydrogens is 304 g/mol. The van der Waals surface area contributed by atoms with Crippen molar-refractivity contribution in [1.82, 2.24) is 0 Å². The van der Waals surface area contributed by atoms with Crippen LogP contribution in [0.4, 0.5) is 0 Å². The van der Waals surface area contributed by atoms with E-state index in [9.17, 15) is 9.90 Å². The number of ether oxygens (including phenoxy) is 1. The van der Waals surface area contributed by atoms with Crippen LogP contribution in [0.2, 0.25) is 0 Å². The summed E-state index contributed by atoms with van der Waals surface area (Å²) >= 11 is 0. The van der Waals surface area contributed by atoms with E-state index in [0.717, 1.165) is 11.1 Å². The second-order valence-electron chi connectivity index (χ2n) is 5.31. The van der Waals surface area contributed by atoms with Gasteiger partial charge in [-0.15, -0.1) is 0 Å². The second kappa shape index (κ2) is 6.87. The first-order valence-electron chi connectivity index (χ1n) is 7.47. The first kappa shape index (κ1) is 15.6. The van der Waals surface area contributed by atoms with E-state index in [1.54, 1.807) is 6.07 Å². The number of aromatic carboxylic acids is 1. The summed E-state index contributed by atoms with van der Waals surface area (Å²) in [4.78, 5) is 11.2. The van der Waals surface area contributed by atoms with Crippen LogP contribution in [0.15, 0.2) is 72.8 Å². The Labute approximate surface area is 139 Å². The van der Waals surface area contributed by atoms with Crippen molar-refractivity contribution in [2.75, 3.05) is 0 Å². The normalized spacial score (nSPS) is 10.3. The predicted molar refractivity (Wildman–Crippen MR) is 91.3 cm³/mol. The Morgan fingerprint density at radius 2 is 1.62 bits per heavy atom. The van der Waals surface area contributed by atoms with Crippen LogP contribution in [0.25, 0.3) is 11.1 Å². The van der Waals surface area contributed by atoms with Crippen molar-refractivity contribution in [2.24, 2.45) is 0 Å². The smallest absolute Gasteiger partial charge is 0.339 e. The number of para-hydroxylation sites is 1. The summed E-state index contributed by atoms with van der Waals surface area (Å²) in [5.41, 5.74) is 2.36. The molecule has 0 aliphatic carbocycles. The number of carboxylic acid groups (broad SMARTS) is 1. The van der Waals surface area contributed by atoms with Gasteiger partial charge in [-0.2, -0.15) is 0 Å². The van der Waals surface area contributed by atoms with E-state index in [4.69, 9.17) is 9.84 Å². The van der Waals surface area contributed by atoms with E-state index in [1.807, 2.05) is 54.6 Å². The summed E-state index contributed by atoms with van der Waals surface area (Å²) in [6.07, 6.45) is 0. The summed E-state index contributed by atoms with van der Waals surface area (Å²) in [5, 5.41) is 18.8. The van der Waals surface area contributed by atoms with Crippen LogP contribution in [0, 0.1) is 0 Å². The Kier molecular flexibility index (Phi) is 4.47. The molecule has 0 bridgehead atoms. The summed E-state index contributed by atoms with van der Waals surface area (Å²) in [7, 11) is 0. The SMILES string of the molecule is O=C(O)c1cc(-c2ccccc2OCc2ccccc2)ccc1O. The molecule has 3 aromatic carbocycles. The summed E-state index contributed by atoms with van der Waals surface area (Å²) < 4.78 is 5.90. The summed E-state index contributed by atoms with van der Waals surface area (Å²) in [5.74, 6) is -0.769. The van der Waals surface area contributed by atoms with Crippen molar-refractivity contribution >= 4 is 5.97 Å². The number of aromatic hydroxyl groups is 1. The van der Waals surface area contributed by atoms with E-state index in [0.29, 0.717) is 17.9 Å². The lowest BCUT2D eigenvalue weighted by atomic mass is 10.0. The topological polar surface area (TPSA) is 66.8 Å². The van der Waals surface area contributed by atoms with Crippen molar-refractivity contribution in [2.45, 2.75) is 6.61 Å². The minimum Gasteiger partial charge on any atom is -0.507 e. The molecule has 0 aliphatic rings. The van der Waals surface area contributed by atoms with Gasteiger partial charge >= 0.3 is 5.97 Å². The molecule has 4 heteroatoms. The molecular formula is C20H16O4. The highest BCUT2D eigenvalue weighted by Gasteiger charge is 2.13. The van der Waals surface area contributed by atoms with Crippen LogP contribution in [-0.2, 0) is 6.61 Å². The van der Waals surface area contributed by atoms with Gasteiger partial charge in [-0.25, -0.2) is 4.79 Å². The predicted octanol–water partition coefficient (Wildman–Crippen LogP) is 4.34. The van der Waals surface area contributed by atoms with Gasteiger partial charge in [-0.05, 0) is 29.3 Å². The molecule has 3 rings (SSSR count).